The maximum Gasteiger partial charge on any atom is 0.223 e. The summed E-state index contributed by atoms with van der Waals surface area (Å²) in [6.07, 6.45) is 2.43. The summed E-state index contributed by atoms with van der Waals surface area (Å²) in [5, 5.41) is 5.02. The Labute approximate surface area is 133 Å². The van der Waals surface area contributed by atoms with Crippen LogP contribution >= 0.6 is 23.2 Å². The molecule has 1 aromatic heterocycles. The van der Waals surface area contributed by atoms with Gasteiger partial charge in [-0.05, 0) is 37.0 Å². The summed E-state index contributed by atoms with van der Waals surface area (Å²) in [5.74, 6) is 0.0815. The van der Waals surface area contributed by atoms with E-state index in [0.29, 0.717) is 23.1 Å². The molecule has 2 aromatic rings. The molecule has 1 amide bonds. The number of hydrogen-bond acceptors (Lipinski definition) is 2. The zero-order chi connectivity index (χ0) is 15.0. The quantitative estimate of drug-likeness (QED) is 0.811. The largest absolute Gasteiger partial charge is 0.358 e. The Morgan fingerprint density at radius 1 is 1.38 bits per heavy atom. The third-order valence-electron chi connectivity index (χ3n) is 4.04. The Bertz CT molecular complexity index is 696. The SMILES string of the molecule is NCCNC(=O)C1CCc2[nH]c3cc(Cl)c(Cl)cc3c2C1. The van der Waals surface area contributed by atoms with Gasteiger partial charge in [0.05, 0.1) is 10.0 Å². The van der Waals surface area contributed by atoms with Crippen LogP contribution < -0.4 is 11.1 Å². The molecule has 21 heavy (non-hydrogen) atoms. The third-order valence-corrected chi connectivity index (χ3v) is 4.77. The lowest BCUT2D eigenvalue weighted by Gasteiger charge is -2.21. The highest BCUT2D eigenvalue weighted by Crippen LogP contribution is 2.35. The van der Waals surface area contributed by atoms with Crippen LogP contribution in [0.15, 0.2) is 12.1 Å². The van der Waals surface area contributed by atoms with E-state index in [2.05, 4.69) is 10.3 Å². The predicted molar refractivity (Wildman–Crippen MR) is 85.9 cm³/mol. The lowest BCUT2D eigenvalue weighted by molar-refractivity contribution is -0.125. The van der Waals surface area contributed by atoms with Crippen LogP contribution in [-0.2, 0) is 17.6 Å². The number of aryl methyl sites for hydroxylation is 1. The van der Waals surface area contributed by atoms with Crippen molar-refractivity contribution in [1.82, 2.24) is 10.3 Å². The van der Waals surface area contributed by atoms with Crippen molar-refractivity contribution in [2.24, 2.45) is 11.7 Å². The number of rotatable bonds is 3. The molecule has 1 unspecified atom stereocenters. The third kappa shape index (κ3) is 2.76. The molecular weight excluding hydrogens is 309 g/mol. The molecule has 1 aromatic carbocycles. The number of nitrogens with one attached hydrogen (secondary N) is 2. The molecule has 1 atom stereocenters. The van der Waals surface area contributed by atoms with E-state index >= 15 is 0 Å². The first-order chi connectivity index (χ1) is 10.1. The van der Waals surface area contributed by atoms with Crippen LogP contribution in [0.5, 0.6) is 0 Å². The fraction of sp³-hybridized carbons (Fsp3) is 0.400. The van der Waals surface area contributed by atoms with Crippen molar-refractivity contribution in [3.05, 3.63) is 33.4 Å². The second-order valence-corrected chi connectivity index (χ2v) is 6.23. The maximum atomic E-state index is 12.1. The number of hydrogen-bond donors (Lipinski definition) is 3. The highest BCUT2D eigenvalue weighted by molar-refractivity contribution is 6.42. The number of amides is 1. The van der Waals surface area contributed by atoms with Crippen molar-refractivity contribution in [2.75, 3.05) is 13.1 Å². The van der Waals surface area contributed by atoms with Crippen LogP contribution in [0.25, 0.3) is 10.9 Å². The molecule has 0 fully saturated rings. The van der Waals surface area contributed by atoms with Gasteiger partial charge in [0.15, 0.2) is 0 Å². The molecule has 0 aliphatic heterocycles. The van der Waals surface area contributed by atoms with Gasteiger partial charge in [0.2, 0.25) is 5.91 Å². The van der Waals surface area contributed by atoms with Crippen LogP contribution in [0.2, 0.25) is 10.0 Å². The fourth-order valence-electron chi connectivity index (χ4n) is 2.98. The van der Waals surface area contributed by atoms with E-state index in [1.54, 1.807) is 0 Å². The van der Waals surface area contributed by atoms with Crippen molar-refractivity contribution in [3.8, 4) is 0 Å². The number of fused-ring (bicyclic) bond motifs is 3. The van der Waals surface area contributed by atoms with Gasteiger partial charge in [-0.3, -0.25) is 4.79 Å². The number of carbonyl (C=O) groups is 1. The van der Waals surface area contributed by atoms with Gasteiger partial charge in [-0.1, -0.05) is 23.2 Å². The van der Waals surface area contributed by atoms with Crippen LogP contribution in [0.1, 0.15) is 17.7 Å². The van der Waals surface area contributed by atoms with E-state index in [9.17, 15) is 4.79 Å². The van der Waals surface area contributed by atoms with Crippen molar-refractivity contribution < 1.29 is 4.79 Å². The number of nitrogens with two attached hydrogens (primary N) is 1. The van der Waals surface area contributed by atoms with Gasteiger partial charge >= 0.3 is 0 Å². The highest BCUT2D eigenvalue weighted by atomic mass is 35.5. The van der Waals surface area contributed by atoms with Crippen molar-refractivity contribution in [1.29, 1.82) is 0 Å². The first kappa shape index (κ1) is 14.7. The fourth-order valence-corrected chi connectivity index (χ4v) is 3.30. The van der Waals surface area contributed by atoms with E-state index < -0.39 is 0 Å². The summed E-state index contributed by atoms with van der Waals surface area (Å²) in [4.78, 5) is 15.5. The zero-order valence-electron chi connectivity index (χ0n) is 11.5. The molecule has 4 N–H and O–H groups in total. The highest BCUT2D eigenvalue weighted by Gasteiger charge is 2.27. The second-order valence-electron chi connectivity index (χ2n) is 5.41. The minimum absolute atomic E-state index is 0.00231. The Morgan fingerprint density at radius 2 is 2.14 bits per heavy atom. The summed E-state index contributed by atoms with van der Waals surface area (Å²) in [7, 11) is 0. The molecular formula is C15H17Cl2N3O. The molecule has 4 nitrogen and oxygen atoms in total. The molecule has 112 valence electrons. The molecule has 1 heterocycles. The molecule has 1 aliphatic carbocycles. The normalized spacial score (nSPS) is 17.8. The summed E-state index contributed by atoms with van der Waals surface area (Å²) in [6, 6.07) is 3.73. The van der Waals surface area contributed by atoms with E-state index in [1.165, 1.54) is 11.3 Å². The van der Waals surface area contributed by atoms with Crippen molar-refractivity contribution in [2.45, 2.75) is 19.3 Å². The molecule has 0 spiro atoms. The molecule has 0 saturated carbocycles. The lowest BCUT2D eigenvalue weighted by Crippen LogP contribution is -2.36. The molecule has 1 aliphatic rings. The number of aromatic nitrogens is 1. The summed E-state index contributed by atoms with van der Waals surface area (Å²) in [5.41, 5.74) is 8.78. The summed E-state index contributed by atoms with van der Waals surface area (Å²) < 4.78 is 0. The minimum Gasteiger partial charge on any atom is -0.358 e. The number of halogens is 2. The minimum atomic E-state index is -0.00231. The lowest BCUT2D eigenvalue weighted by atomic mass is 9.86. The molecule has 0 radical (unpaired) electrons. The van der Waals surface area contributed by atoms with Gasteiger partial charge in [-0.25, -0.2) is 0 Å². The second kappa shape index (κ2) is 5.87. The number of benzene rings is 1. The Hall–Kier alpha value is -1.23. The Morgan fingerprint density at radius 3 is 2.90 bits per heavy atom. The number of carbonyl (C=O) groups excluding carboxylic acids is 1. The van der Waals surface area contributed by atoms with Gasteiger partial charge in [-0.2, -0.15) is 0 Å². The van der Waals surface area contributed by atoms with Gasteiger partial charge < -0.3 is 16.0 Å². The zero-order valence-corrected chi connectivity index (χ0v) is 13.0. The molecule has 6 heteroatoms. The Kier molecular flexibility index (Phi) is 4.11. The number of aromatic amines is 1. The predicted octanol–water partition coefficient (Wildman–Crippen LogP) is 2.65. The first-order valence-corrected chi connectivity index (χ1v) is 7.82. The first-order valence-electron chi connectivity index (χ1n) is 7.06. The molecule has 3 rings (SSSR count). The number of H-pyrrole nitrogens is 1. The van der Waals surface area contributed by atoms with Crippen molar-refractivity contribution in [3.63, 3.8) is 0 Å². The average molecular weight is 326 g/mol. The standard InChI is InChI=1S/C15H17Cl2N3O/c16-11-6-10-9-5-8(15(21)19-4-3-18)1-2-13(9)20-14(10)7-12(11)17/h6-8,20H,1-5,18H2,(H,19,21). The van der Waals surface area contributed by atoms with Gasteiger partial charge in [-0.15, -0.1) is 0 Å². The Balaban J connectivity index is 1.91. The smallest absolute Gasteiger partial charge is 0.223 e. The van der Waals surface area contributed by atoms with Crippen LogP contribution in [-0.4, -0.2) is 24.0 Å². The van der Waals surface area contributed by atoms with Crippen LogP contribution in [0.4, 0.5) is 0 Å². The monoisotopic (exact) mass is 325 g/mol. The van der Waals surface area contributed by atoms with E-state index in [4.69, 9.17) is 28.9 Å². The molecule has 0 saturated heterocycles. The van der Waals surface area contributed by atoms with E-state index in [0.717, 1.165) is 30.2 Å². The van der Waals surface area contributed by atoms with E-state index in [1.807, 2.05) is 12.1 Å². The van der Waals surface area contributed by atoms with Gasteiger partial charge in [0.25, 0.3) is 0 Å². The van der Waals surface area contributed by atoms with Crippen LogP contribution in [0, 0.1) is 5.92 Å². The topological polar surface area (TPSA) is 70.9 Å². The van der Waals surface area contributed by atoms with Gasteiger partial charge in [0.1, 0.15) is 0 Å². The van der Waals surface area contributed by atoms with Gasteiger partial charge in [0, 0.05) is 35.6 Å². The van der Waals surface area contributed by atoms with E-state index in [-0.39, 0.29) is 11.8 Å². The summed E-state index contributed by atoms with van der Waals surface area (Å²) >= 11 is 12.2. The van der Waals surface area contributed by atoms with Crippen LogP contribution in [0.3, 0.4) is 0 Å². The average Bonchev–Trinajstić information content (AvgIpc) is 2.82. The maximum absolute atomic E-state index is 12.1. The summed E-state index contributed by atoms with van der Waals surface area (Å²) in [6.45, 7) is 0.989. The van der Waals surface area contributed by atoms with Crippen molar-refractivity contribution >= 4 is 40.0 Å². The molecule has 0 bridgehead atoms.